The van der Waals surface area contributed by atoms with Gasteiger partial charge in [-0.1, -0.05) is 231 Å². The number of carbonyl (C=O) groups is 1. The molecule has 0 aromatic carbocycles. The molecule has 9 atom stereocenters. The average Bonchev–Trinajstić information content (AvgIpc) is 3.31. The summed E-state index contributed by atoms with van der Waals surface area (Å²) in [5.74, 6) is -0.702. The van der Waals surface area contributed by atoms with Crippen molar-refractivity contribution >= 4 is 5.91 Å². The van der Waals surface area contributed by atoms with Crippen LogP contribution >= 0.6 is 0 Å². The van der Waals surface area contributed by atoms with E-state index in [9.17, 15) is 40.5 Å². The minimum Gasteiger partial charge on any atom is -0.394 e. The van der Waals surface area contributed by atoms with E-state index in [1.54, 1.807) is 0 Å². The number of ether oxygens (including phenoxy) is 2. The Kier molecular flexibility index (Phi) is 42.0. The summed E-state index contributed by atoms with van der Waals surface area (Å²) in [6.45, 7) is 3.47. The van der Waals surface area contributed by atoms with Crippen LogP contribution in [-0.2, 0) is 14.3 Å². The molecule has 0 radical (unpaired) electrons. The molecule has 11 nitrogen and oxygen atoms in total. The standard InChI is InChI=1S/C54H105NO10/c1-3-5-7-9-11-13-15-17-19-20-21-22-23-24-25-26-28-29-31-33-35-37-39-41-46(57)49(59)45(44-64-54-52(62)51(61)50(60)48(43-56)65-54)55-53(63)47(58)42-40-38-36-34-32-30-27-18-16-14-12-10-8-6-4-2/h27,30,45-52,54,56-62H,3-26,28-29,31-44H2,1-2H3,(H,55,63)/b30-27-. The van der Waals surface area contributed by atoms with Crippen molar-refractivity contribution in [2.24, 2.45) is 0 Å². The summed E-state index contributed by atoms with van der Waals surface area (Å²) in [6, 6.07) is -1.17. The number of rotatable bonds is 47. The number of hydrogen-bond acceptors (Lipinski definition) is 10. The van der Waals surface area contributed by atoms with Gasteiger partial charge in [-0.05, 0) is 38.5 Å². The molecule has 1 rings (SSSR count). The Morgan fingerprint density at radius 3 is 1.29 bits per heavy atom. The van der Waals surface area contributed by atoms with Gasteiger partial charge in [0.2, 0.25) is 5.91 Å². The zero-order chi connectivity index (χ0) is 47.6. The van der Waals surface area contributed by atoms with Gasteiger partial charge in [0, 0.05) is 0 Å². The maximum absolute atomic E-state index is 13.1. The quantitative estimate of drug-likeness (QED) is 0.0215. The highest BCUT2D eigenvalue weighted by molar-refractivity contribution is 5.80. The van der Waals surface area contributed by atoms with E-state index in [1.807, 2.05) is 0 Å². The van der Waals surface area contributed by atoms with Crippen LogP contribution in [0, 0.1) is 0 Å². The number of nitrogens with one attached hydrogen (secondary N) is 1. The van der Waals surface area contributed by atoms with E-state index in [0.29, 0.717) is 19.3 Å². The van der Waals surface area contributed by atoms with Crippen LogP contribution in [0.4, 0.5) is 0 Å². The number of allylic oxidation sites excluding steroid dienone is 2. The van der Waals surface area contributed by atoms with Gasteiger partial charge in [-0.15, -0.1) is 0 Å². The summed E-state index contributed by atoms with van der Waals surface area (Å²) in [5, 5.41) is 76.0. The molecule has 1 heterocycles. The molecule has 0 saturated carbocycles. The van der Waals surface area contributed by atoms with Gasteiger partial charge in [0.05, 0.1) is 25.4 Å². The van der Waals surface area contributed by atoms with Crippen LogP contribution in [0.5, 0.6) is 0 Å². The maximum atomic E-state index is 13.1. The molecule has 1 aliphatic rings. The Morgan fingerprint density at radius 2 is 0.892 bits per heavy atom. The van der Waals surface area contributed by atoms with Gasteiger partial charge in [-0.25, -0.2) is 0 Å². The molecule has 0 aromatic rings. The first-order valence-electron chi connectivity index (χ1n) is 27.6. The summed E-state index contributed by atoms with van der Waals surface area (Å²) >= 11 is 0. The summed E-state index contributed by atoms with van der Waals surface area (Å²) in [5.41, 5.74) is 0. The van der Waals surface area contributed by atoms with E-state index in [2.05, 4.69) is 31.3 Å². The molecular weight excluding hydrogens is 823 g/mol. The molecule has 9 unspecified atom stereocenters. The van der Waals surface area contributed by atoms with Crippen molar-refractivity contribution in [1.29, 1.82) is 0 Å². The van der Waals surface area contributed by atoms with Gasteiger partial charge in [-0.2, -0.15) is 0 Å². The van der Waals surface area contributed by atoms with Gasteiger partial charge in [0.1, 0.15) is 36.6 Å². The van der Waals surface area contributed by atoms with E-state index in [4.69, 9.17) is 9.47 Å². The lowest BCUT2D eigenvalue weighted by molar-refractivity contribution is -0.303. The van der Waals surface area contributed by atoms with Gasteiger partial charge in [-0.3, -0.25) is 4.79 Å². The van der Waals surface area contributed by atoms with Crippen LogP contribution in [0.25, 0.3) is 0 Å². The second kappa shape index (κ2) is 44.1. The normalized spacial score (nSPS) is 20.9. The van der Waals surface area contributed by atoms with E-state index in [0.717, 1.165) is 51.4 Å². The second-order valence-electron chi connectivity index (χ2n) is 19.7. The van der Waals surface area contributed by atoms with Crippen molar-refractivity contribution in [2.45, 2.75) is 313 Å². The van der Waals surface area contributed by atoms with Crippen molar-refractivity contribution in [3.63, 3.8) is 0 Å². The first-order chi connectivity index (χ1) is 31.7. The molecule has 65 heavy (non-hydrogen) atoms. The molecular formula is C54H105NO10. The Labute approximate surface area is 398 Å². The second-order valence-corrected chi connectivity index (χ2v) is 19.7. The zero-order valence-electron chi connectivity index (χ0n) is 42.0. The molecule has 8 N–H and O–H groups in total. The molecule has 0 aliphatic carbocycles. The fraction of sp³-hybridized carbons (Fsp3) is 0.944. The maximum Gasteiger partial charge on any atom is 0.249 e. The van der Waals surface area contributed by atoms with Crippen molar-refractivity contribution < 1.29 is 50.0 Å². The lowest BCUT2D eigenvalue weighted by Gasteiger charge is -2.40. The lowest BCUT2D eigenvalue weighted by Crippen LogP contribution is -2.60. The summed E-state index contributed by atoms with van der Waals surface area (Å²) in [4.78, 5) is 13.1. The van der Waals surface area contributed by atoms with E-state index >= 15 is 0 Å². The van der Waals surface area contributed by atoms with Crippen molar-refractivity contribution in [1.82, 2.24) is 5.32 Å². The Bertz CT molecular complexity index is 1060. The highest BCUT2D eigenvalue weighted by Gasteiger charge is 2.44. The summed E-state index contributed by atoms with van der Waals surface area (Å²) < 4.78 is 11.1. The smallest absolute Gasteiger partial charge is 0.249 e. The van der Waals surface area contributed by atoms with Gasteiger partial charge < -0.3 is 50.5 Å². The van der Waals surface area contributed by atoms with Crippen LogP contribution in [0.1, 0.15) is 258 Å². The highest BCUT2D eigenvalue weighted by atomic mass is 16.7. The predicted octanol–water partition coefficient (Wildman–Crippen LogP) is 10.8. The molecule has 386 valence electrons. The highest BCUT2D eigenvalue weighted by Crippen LogP contribution is 2.23. The van der Waals surface area contributed by atoms with Crippen LogP contribution in [0.2, 0.25) is 0 Å². The number of hydrogen-bond donors (Lipinski definition) is 8. The van der Waals surface area contributed by atoms with Crippen LogP contribution in [-0.4, -0.2) is 110 Å². The van der Waals surface area contributed by atoms with E-state index in [1.165, 1.54) is 167 Å². The fourth-order valence-corrected chi connectivity index (χ4v) is 9.03. The third-order valence-corrected chi connectivity index (χ3v) is 13.6. The van der Waals surface area contributed by atoms with Crippen LogP contribution in [0.15, 0.2) is 12.2 Å². The number of amides is 1. The molecule has 11 heteroatoms. The predicted molar refractivity (Wildman–Crippen MR) is 266 cm³/mol. The van der Waals surface area contributed by atoms with E-state index in [-0.39, 0.29) is 6.42 Å². The third-order valence-electron chi connectivity index (χ3n) is 13.6. The minimum atomic E-state index is -1.66. The lowest BCUT2D eigenvalue weighted by atomic mass is 9.98. The summed E-state index contributed by atoms with van der Waals surface area (Å²) in [6.07, 6.45) is 38.3. The minimum absolute atomic E-state index is 0.248. The Hall–Kier alpha value is -1.15. The monoisotopic (exact) mass is 928 g/mol. The summed E-state index contributed by atoms with van der Waals surface area (Å²) in [7, 11) is 0. The SMILES string of the molecule is CCCCCCCCC/C=C\CCCCCCC(O)C(=O)NC(COC1OC(CO)C(O)C(O)C1O)C(O)C(O)CCCCCCCCCCCCCCCCCCCCCCCCC. The Morgan fingerprint density at radius 1 is 0.523 bits per heavy atom. The fourth-order valence-electron chi connectivity index (χ4n) is 9.03. The van der Waals surface area contributed by atoms with Crippen LogP contribution in [0.3, 0.4) is 0 Å². The number of aliphatic hydroxyl groups is 7. The molecule has 0 spiro atoms. The number of carbonyl (C=O) groups excluding carboxylic acids is 1. The van der Waals surface area contributed by atoms with Crippen molar-refractivity contribution in [2.75, 3.05) is 13.2 Å². The van der Waals surface area contributed by atoms with Gasteiger partial charge in [0.15, 0.2) is 6.29 Å². The first kappa shape index (κ1) is 61.9. The zero-order valence-corrected chi connectivity index (χ0v) is 42.0. The molecule has 1 saturated heterocycles. The molecule has 1 amide bonds. The van der Waals surface area contributed by atoms with Gasteiger partial charge >= 0.3 is 0 Å². The van der Waals surface area contributed by atoms with Crippen molar-refractivity contribution in [3.05, 3.63) is 12.2 Å². The average molecular weight is 928 g/mol. The molecule has 0 bridgehead atoms. The molecule has 0 aromatic heterocycles. The topological polar surface area (TPSA) is 189 Å². The number of aliphatic hydroxyl groups excluding tert-OH is 7. The Balaban J connectivity index is 2.33. The largest absolute Gasteiger partial charge is 0.394 e. The molecule has 1 aliphatic heterocycles. The van der Waals surface area contributed by atoms with Gasteiger partial charge in [0.25, 0.3) is 0 Å². The third kappa shape index (κ3) is 33.1. The van der Waals surface area contributed by atoms with Crippen LogP contribution < -0.4 is 5.32 Å². The first-order valence-corrected chi connectivity index (χ1v) is 27.6. The number of unbranched alkanes of at least 4 members (excludes halogenated alkanes) is 33. The van der Waals surface area contributed by atoms with Crippen molar-refractivity contribution in [3.8, 4) is 0 Å². The van der Waals surface area contributed by atoms with E-state index < -0.39 is 74.2 Å². The molecule has 1 fully saturated rings.